The minimum atomic E-state index is 0.164. The molecule has 10 nitrogen and oxygen atoms in total. The molecule has 40 heavy (non-hydrogen) atoms. The Morgan fingerprint density at radius 3 is 2.35 bits per heavy atom. The van der Waals surface area contributed by atoms with Gasteiger partial charge in [0.2, 0.25) is 11.7 Å². The van der Waals surface area contributed by atoms with Gasteiger partial charge >= 0.3 is 0 Å². The molecule has 0 radical (unpaired) electrons. The molecule has 3 heterocycles. The number of anilines is 2. The minimum absolute atomic E-state index is 0.164. The second-order valence-electron chi connectivity index (χ2n) is 8.40. The van der Waals surface area contributed by atoms with Crippen molar-refractivity contribution < 1.29 is 14.2 Å². The summed E-state index contributed by atoms with van der Waals surface area (Å²) in [5, 5.41) is 4.82. The van der Waals surface area contributed by atoms with Crippen molar-refractivity contribution >= 4 is 45.6 Å². The van der Waals surface area contributed by atoms with Crippen LogP contribution in [0.5, 0.6) is 17.4 Å². The van der Waals surface area contributed by atoms with Gasteiger partial charge in [0.15, 0.2) is 0 Å². The number of rotatable bonds is 7. The number of aryl methyl sites for hydroxylation is 1. The molecule has 0 spiro atoms. The summed E-state index contributed by atoms with van der Waals surface area (Å²) in [6.07, 6.45) is 6.92. The van der Waals surface area contributed by atoms with Crippen molar-refractivity contribution in [1.82, 2.24) is 29.7 Å². The van der Waals surface area contributed by atoms with E-state index >= 15 is 0 Å². The molecule has 5 aromatic rings. The van der Waals surface area contributed by atoms with E-state index in [9.17, 15) is 0 Å². The third-order valence-electron chi connectivity index (χ3n) is 5.94. The van der Waals surface area contributed by atoms with Gasteiger partial charge < -0.3 is 19.1 Å². The van der Waals surface area contributed by atoms with Gasteiger partial charge in [-0.3, -0.25) is 9.67 Å². The van der Waals surface area contributed by atoms with Crippen molar-refractivity contribution in [2.75, 3.05) is 32.8 Å². The number of halogens is 2. The second-order valence-corrected chi connectivity index (χ2v) is 9.16. The number of benzene rings is 2. The molecule has 5 rings (SSSR count). The number of fused-ring (bicyclic) bond motifs is 1. The standard InChI is InChI=1S/C28H23Cl2N7O3/c1-36-16-17(14-33-36)21-15-32-19-8-7-18(12-20(19)34-21)37(11-5-6-24-31-10-9-25(35-24)40-4)28-26(29)22(38-2)13-23(39-3)27(28)30/h7-10,12-16H,11H2,1-4H3. The van der Waals surface area contributed by atoms with Crippen LogP contribution in [-0.2, 0) is 7.05 Å². The lowest BCUT2D eigenvalue weighted by atomic mass is 10.2. The summed E-state index contributed by atoms with van der Waals surface area (Å²) < 4.78 is 17.9. The molecule has 0 aliphatic rings. The smallest absolute Gasteiger partial charge is 0.217 e. The molecule has 2 aromatic carbocycles. The number of aromatic nitrogens is 6. The third kappa shape index (κ3) is 5.43. The lowest BCUT2D eigenvalue weighted by molar-refractivity contribution is 0.395. The largest absolute Gasteiger partial charge is 0.495 e. The molecule has 0 aliphatic carbocycles. The Balaban J connectivity index is 1.64. The number of hydrogen-bond acceptors (Lipinski definition) is 9. The first kappa shape index (κ1) is 27.0. The van der Waals surface area contributed by atoms with E-state index in [1.807, 2.05) is 36.3 Å². The number of ether oxygens (including phenoxy) is 3. The fourth-order valence-corrected chi connectivity index (χ4v) is 4.69. The highest BCUT2D eigenvalue weighted by Crippen LogP contribution is 2.48. The van der Waals surface area contributed by atoms with Crippen LogP contribution in [0.25, 0.3) is 22.3 Å². The van der Waals surface area contributed by atoms with E-state index in [2.05, 4.69) is 31.9 Å². The molecule has 0 unspecified atom stereocenters. The van der Waals surface area contributed by atoms with Crippen LogP contribution in [0.1, 0.15) is 5.82 Å². The van der Waals surface area contributed by atoms with Gasteiger partial charge in [0.25, 0.3) is 0 Å². The molecule has 0 atom stereocenters. The van der Waals surface area contributed by atoms with Crippen LogP contribution in [0.3, 0.4) is 0 Å². The normalized spacial score (nSPS) is 10.7. The number of hydrogen-bond donors (Lipinski definition) is 0. The van der Waals surface area contributed by atoms with Gasteiger partial charge in [0, 0.05) is 42.8 Å². The Morgan fingerprint density at radius 2 is 1.68 bits per heavy atom. The predicted molar refractivity (Wildman–Crippen MR) is 154 cm³/mol. The van der Waals surface area contributed by atoms with Crippen molar-refractivity contribution in [3.05, 3.63) is 71.0 Å². The highest BCUT2D eigenvalue weighted by Gasteiger charge is 2.23. The molecule has 0 fully saturated rings. The molecule has 0 saturated carbocycles. The van der Waals surface area contributed by atoms with Crippen molar-refractivity contribution in [3.8, 4) is 40.5 Å². The van der Waals surface area contributed by atoms with Crippen LogP contribution in [0, 0.1) is 11.8 Å². The monoisotopic (exact) mass is 575 g/mol. The molecular weight excluding hydrogens is 553 g/mol. The van der Waals surface area contributed by atoms with Crippen LogP contribution < -0.4 is 19.1 Å². The maximum atomic E-state index is 6.82. The zero-order chi connectivity index (χ0) is 28.2. The molecule has 0 N–H and O–H groups in total. The third-order valence-corrected chi connectivity index (χ3v) is 6.67. The topological polar surface area (TPSA) is 100 Å². The summed E-state index contributed by atoms with van der Waals surface area (Å²) in [6, 6.07) is 8.94. The summed E-state index contributed by atoms with van der Waals surface area (Å²) in [5.41, 5.74) is 4.09. The van der Waals surface area contributed by atoms with Crippen LogP contribution in [0.15, 0.2) is 55.1 Å². The van der Waals surface area contributed by atoms with E-state index in [1.165, 1.54) is 21.3 Å². The van der Waals surface area contributed by atoms with Gasteiger partial charge in [-0.15, -0.1) is 0 Å². The van der Waals surface area contributed by atoms with Gasteiger partial charge in [-0.2, -0.15) is 10.1 Å². The van der Waals surface area contributed by atoms with E-state index in [1.54, 1.807) is 35.4 Å². The average molecular weight is 576 g/mol. The van der Waals surface area contributed by atoms with Crippen LogP contribution in [-0.4, -0.2) is 57.6 Å². The molecule has 12 heteroatoms. The van der Waals surface area contributed by atoms with E-state index in [4.69, 9.17) is 42.4 Å². The lowest BCUT2D eigenvalue weighted by Crippen LogP contribution is -2.19. The summed E-state index contributed by atoms with van der Waals surface area (Å²) in [7, 11) is 6.42. The zero-order valence-electron chi connectivity index (χ0n) is 22.0. The molecule has 202 valence electrons. The van der Waals surface area contributed by atoms with E-state index < -0.39 is 0 Å². The Morgan fingerprint density at radius 1 is 0.900 bits per heavy atom. The molecule has 0 saturated heterocycles. The first-order valence-electron chi connectivity index (χ1n) is 11.9. The Labute approximate surface area is 240 Å². The molecule has 0 bridgehead atoms. The van der Waals surface area contributed by atoms with Crippen molar-refractivity contribution in [3.63, 3.8) is 0 Å². The quantitative estimate of drug-likeness (QED) is 0.238. The molecular formula is C28H23Cl2N7O3. The summed E-state index contributed by atoms with van der Waals surface area (Å²) in [4.78, 5) is 19.7. The molecule has 3 aromatic heterocycles. The first-order valence-corrected chi connectivity index (χ1v) is 12.7. The Bertz CT molecular complexity index is 1740. The van der Waals surface area contributed by atoms with E-state index in [0.29, 0.717) is 61.4 Å². The van der Waals surface area contributed by atoms with E-state index in [-0.39, 0.29) is 6.54 Å². The second kappa shape index (κ2) is 11.7. The highest BCUT2D eigenvalue weighted by atomic mass is 35.5. The van der Waals surface area contributed by atoms with Crippen LogP contribution in [0.4, 0.5) is 11.4 Å². The minimum Gasteiger partial charge on any atom is -0.495 e. The van der Waals surface area contributed by atoms with Crippen LogP contribution >= 0.6 is 23.2 Å². The zero-order valence-corrected chi connectivity index (χ0v) is 23.5. The van der Waals surface area contributed by atoms with E-state index in [0.717, 1.165) is 5.56 Å². The van der Waals surface area contributed by atoms with Crippen molar-refractivity contribution in [2.45, 2.75) is 0 Å². The van der Waals surface area contributed by atoms with Crippen molar-refractivity contribution in [2.24, 2.45) is 7.05 Å². The highest BCUT2D eigenvalue weighted by molar-refractivity contribution is 6.41. The number of methoxy groups -OCH3 is 3. The fraction of sp³-hybridized carbons (Fsp3) is 0.179. The number of nitrogens with zero attached hydrogens (tertiary/aromatic N) is 7. The van der Waals surface area contributed by atoms with Gasteiger partial charge in [0.1, 0.15) is 21.5 Å². The summed E-state index contributed by atoms with van der Waals surface area (Å²) in [6.45, 7) is 0.164. The SMILES string of the molecule is COc1ccnc(C#CCN(c2ccc3ncc(-c4cnn(C)c4)nc3c2)c2c(Cl)c(OC)cc(OC)c2Cl)n1. The van der Waals surface area contributed by atoms with Gasteiger partial charge in [-0.25, -0.2) is 9.97 Å². The maximum Gasteiger partial charge on any atom is 0.217 e. The van der Waals surface area contributed by atoms with Gasteiger partial charge in [0.05, 0.1) is 62.7 Å². The Hall–Kier alpha value is -4.59. The molecule has 0 aliphatic heterocycles. The fourth-order valence-electron chi connectivity index (χ4n) is 3.98. The Kier molecular flexibility index (Phi) is 7.86. The summed E-state index contributed by atoms with van der Waals surface area (Å²) >= 11 is 13.6. The predicted octanol–water partition coefficient (Wildman–Crippen LogP) is 5.34. The first-order chi connectivity index (χ1) is 19.4. The van der Waals surface area contributed by atoms with Gasteiger partial charge in [-0.05, 0) is 24.1 Å². The summed E-state index contributed by atoms with van der Waals surface area (Å²) in [5.74, 6) is 7.61. The average Bonchev–Trinajstić information content (AvgIpc) is 3.42. The van der Waals surface area contributed by atoms with Crippen LogP contribution in [0.2, 0.25) is 10.0 Å². The molecule has 0 amide bonds. The maximum absolute atomic E-state index is 6.82. The van der Waals surface area contributed by atoms with Crippen molar-refractivity contribution in [1.29, 1.82) is 0 Å². The lowest BCUT2D eigenvalue weighted by Gasteiger charge is -2.26. The van der Waals surface area contributed by atoms with Gasteiger partial charge in [-0.1, -0.05) is 29.1 Å².